The number of nitrogens with zero attached hydrogens (tertiary/aromatic N) is 3. The lowest BCUT2D eigenvalue weighted by atomic mass is 10.0. The highest BCUT2D eigenvalue weighted by atomic mass is 32.2. The van der Waals surface area contributed by atoms with E-state index < -0.39 is 5.97 Å². The van der Waals surface area contributed by atoms with E-state index in [-0.39, 0.29) is 11.1 Å². The van der Waals surface area contributed by atoms with E-state index in [2.05, 4.69) is 9.97 Å². The third-order valence-electron chi connectivity index (χ3n) is 4.00. The zero-order valence-electron chi connectivity index (χ0n) is 14.5. The molecule has 3 aromatic rings. The number of benzene rings is 1. The maximum absolute atomic E-state index is 13.0. The molecular formula is C18H17N3O4S. The van der Waals surface area contributed by atoms with Gasteiger partial charge in [0.05, 0.1) is 12.7 Å². The highest BCUT2D eigenvalue weighted by Gasteiger charge is 2.15. The first kappa shape index (κ1) is 17.9. The SMILES string of the molecule is CCn1c(=O)c(-c2cc(OC)cc(C(=O)O)c2)cc2cnc(SC)nc21. The van der Waals surface area contributed by atoms with Crippen molar-refractivity contribution >= 4 is 28.8 Å². The predicted octanol–water partition coefficient (Wildman–Crippen LogP) is 2.91. The van der Waals surface area contributed by atoms with E-state index in [1.165, 1.54) is 31.0 Å². The number of fused-ring (bicyclic) bond motifs is 1. The number of thioether (sulfide) groups is 1. The fourth-order valence-electron chi connectivity index (χ4n) is 2.74. The lowest BCUT2D eigenvalue weighted by molar-refractivity contribution is 0.0696. The minimum atomic E-state index is -1.09. The molecule has 0 atom stereocenters. The lowest BCUT2D eigenvalue weighted by Gasteiger charge is -2.12. The van der Waals surface area contributed by atoms with Gasteiger partial charge < -0.3 is 9.84 Å². The molecule has 0 amide bonds. The second-order valence-corrected chi connectivity index (χ2v) is 6.27. The second kappa shape index (κ2) is 7.17. The summed E-state index contributed by atoms with van der Waals surface area (Å²) >= 11 is 1.40. The number of pyridine rings is 1. The van der Waals surface area contributed by atoms with Gasteiger partial charge in [-0.05, 0) is 43.0 Å². The molecule has 0 bridgehead atoms. The molecule has 0 saturated heterocycles. The molecule has 0 radical (unpaired) electrons. The predicted molar refractivity (Wildman–Crippen MR) is 100 cm³/mol. The van der Waals surface area contributed by atoms with Crippen LogP contribution in [0.5, 0.6) is 5.75 Å². The molecule has 7 nitrogen and oxygen atoms in total. The van der Waals surface area contributed by atoms with Gasteiger partial charge in [-0.1, -0.05) is 11.8 Å². The van der Waals surface area contributed by atoms with Crippen molar-refractivity contribution in [3.63, 3.8) is 0 Å². The number of carboxylic acid groups (broad SMARTS) is 1. The number of aromatic nitrogens is 3. The number of hydrogen-bond acceptors (Lipinski definition) is 6. The van der Waals surface area contributed by atoms with E-state index in [0.717, 1.165) is 0 Å². The van der Waals surface area contributed by atoms with Crippen LogP contribution in [0.4, 0.5) is 0 Å². The van der Waals surface area contributed by atoms with E-state index in [1.807, 2.05) is 13.2 Å². The molecule has 0 aliphatic rings. The van der Waals surface area contributed by atoms with E-state index in [1.54, 1.807) is 22.9 Å². The summed E-state index contributed by atoms with van der Waals surface area (Å²) in [5, 5.41) is 10.6. The summed E-state index contributed by atoms with van der Waals surface area (Å²) in [4.78, 5) is 33.1. The van der Waals surface area contributed by atoms with Crippen molar-refractivity contribution < 1.29 is 14.6 Å². The van der Waals surface area contributed by atoms with Crippen LogP contribution in [-0.2, 0) is 6.54 Å². The van der Waals surface area contributed by atoms with Crippen molar-refractivity contribution in [3.8, 4) is 16.9 Å². The molecule has 0 spiro atoms. The van der Waals surface area contributed by atoms with Gasteiger partial charge in [0, 0.05) is 23.7 Å². The van der Waals surface area contributed by atoms with Gasteiger partial charge in [0.25, 0.3) is 5.56 Å². The summed E-state index contributed by atoms with van der Waals surface area (Å²) in [5.74, 6) is -0.717. The summed E-state index contributed by atoms with van der Waals surface area (Å²) < 4.78 is 6.74. The van der Waals surface area contributed by atoms with Crippen molar-refractivity contribution in [1.29, 1.82) is 0 Å². The van der Waals surface area contributed by atoms with Crippen molar-refractivity contribution in [1.82, 2.24) is 14.5 Å². The molecule has 8 heteroatoms. The quantitative estimate of drug-likeness (QED) is 0.544. The Balaban J connectivity index is 2.32. The normalized spacial score (nSPS) is 10.9. The summed E-state index contributed by atoms with van der Waals surface area (Å²) in [7, 11) is 1.45. The monoisotopic (exact) mass is 371 g/mol. The van der Waals surface area contributed by atoms with Crippen LogP contribution in [-0.4, -0.2) is 39.0 Å². The van der Waals surface area contributed by atoms with Crippen LogP contribution in [0.1, 0.15) is 17.3 Å². The van der Waals surface area contributed by atoms with E-state index in [4.69, 9.17) is 4.74 Å². The Morgan fingerprint density at radius 1 is 1.31 bits per heavy atom. The summed E-state index contributed by atoms with van der Waals surface area (Å²) in [6, 6.07) is 6.21. The summed E-state index contributed by atoms with van der Waals surface area (Å²) in [5.41, 5.74) is 1.22. The van der Waals surface area contributed by atoms with E-state index in [0.29, 0.717) is 39.6 Å². The Bertz CT molecular complexity index is 1060. The largest absolute Gasteiger partial charge is 0.497 e. The van der Waals surface area contributed by atoms with Crippen LogP contribution < -0.4 is 10.3 Å². The Morgan fingerprint density at radius 3 is 2.69 bits per heavy atom. The zero-order valence-corrected chi connectivity index (χ0v) is 15.3. The molecule has 26 heavy (non-hydrogen) atoms. The average molecular weight is 371 g/mol. The molecule has 0 unspecified atom stereocenters. The maximum atomic E-state index is 13.0. The minimum Gasteiger partial charge on any atom is -0.497 e. The Hall–Kier alpha value is -2.87. The molecule has 0 saturated carbocycles. The number of carboxylic acids is 1. The van der Waals surface area contributed by atoms with Crippen LogP contribution >= 0.6 is 11.8 Å². The number of ether oxygens (including phenoxy) is 1. The van der Waals surface area contributed by atoms with Gasteiger partial charge in [-0.15, -0.1) is 0 Å². The summed E-state index contributed by atoms with van der Waals surface area (Å²) in [6.45, 7) is 2.30. The molecule has 0 aliphatic carbocycles. The highest BCUT2D eigenvalue weighted by molar-refractivity contribution is 7.98. The van der Waals surface area contributed by atoms with Crippen molar-refractivity contribution in [3.05, 3.63) is 46.4 Å². The van der Waals surface area contributed by atoms with Crippen molar-refractivity contribution in [2.24, 2.45) is 0 Å². The van der Waals surface area contributed by atoms with Crippen molar-refractivity contribution in [2.75, 3.05) is 13.4 Å². The first-order chi connectivity index (χ1) is 12.5. The molecule has 134 valence electrons. The number of carbonyl (C=O) groups is 1. The van der Waals surface area contributed by atoms with Crippen LogP contribution in [0, 0.1) is 0 Å². The van der Waals surface area contributed by atoms with Crippen LogP contribution in [0.3, 0.4) is 0 Å². The van der Waals surface area contributed by atoms with E-state index >= 15 is 0 Å². The molecule has 2 heterocycles. The smallest absolute Gasteiger partial charge is 0.335 e. The number of hydrogen-bond donors (Lipinski definition) is 1. The molecule has 1 aromatic carbocycles. The van der Waals surface area contributed by atoms with E-state index in [9.17, 15) is 14.7 Å². The first-order valence-corrected chi connectivity index (χ1v) is 9.08. The third-order valence-corrected chi connectivity index (χ3v) is 4.57. The Labute approximate surface area is 153 Å². The van der Waals surface area contributed by atoms with Gasteiger partial charge in [0.15, 0.2) is 5.16 Å². The molecule has 3 rings (SSSR count). The van der Waals surface area contributed by atoms with Gasteiger partial charge in [-0.25, -0.2) is 14.8 Å². The fourth-order valence-corrected chi connectivity index (χ4v) is 3.07. The third kappa shape index (κ3) is 3.15. The highest BCUT2D eigenvalue weighted by Crippen LogP contribution is 2.26. The summed E-state index contributed by atoms with van der Waals surface area (Å²) in [6.07, 6.45) is 3.54. The fraction of sp³-hybridized carbons (Fsp3) is 0.222. The molecule has 0 aliphatic heterocycles. The van der Waals surface area contributed by atoms with Gasteiger partial charge in [0.1, 0.15) is 11.4 Å². The first-order valence-electron chi connectivity index (χ1n) is 7.85. The number of aryl methyl sites for hydroxylation is 1. The standard InChI is InChI=1S/C18H17N3O4S/c1-4-21-15-12(9-19-18(20-15)26-3)8-14(16(21)22)10-5-11(17(23)24)7-13(6-10)25-2/h5-9H,4H2,1-3H3,(H,23,24). The number of rotatable bonds is 5. The molecular weight excluding hydrogens is 354 g/mol. The number of methoxy groups -OCH3 is 1. The average Bonchev–Trinajstić information content (AvgIpc) is 2.66. The van der Waals surface area contributed by atoms with Gasteiger partial charge >= 0.3 is 5.97 Å². The van der Waals surface area contributed by atoms with Crippen LogP contribution in [0.15, 0.2) is 40.4 Å². The van der Waals surface area contributed by atoms with Crippen molar-refractivity contribution in [2.45, 2.75) is 18.6 Å². The number of aromatic carboxylic acids is 1. The van der Waals surface area contributed by atoms with Crippen LogP contribution in [0.25, 0.3) is 22.2 Å². The molecule has 0 fully saturated rings. The Morgan fingerprint density at radius 2 is 2.08 bits per heavy atom. The zero-order chi connectivity index (χ0) is 18.8. The Kier molecular flexibility index (Phi) is 4.94. The lowest BCUT2D eigenvalue weighted by Crippen LogP contribution is -2.22. The second-order valence-electron chi connectivity index (χ2n) is 5.50. The minimum absolute atomic E-state index is 0.0517. The molecule has 2 aromatic heterocycles. The topological polar surface area (TPSA) is 94.3 Å². The maximum Gasteiger partial charge on any atom is 0.335 e. The molecule has 1 N–H and O–H groups in total. The van der Waals surface area contributed by atoms with Crippen LogP contribution in [0.2, 0.25) is 0 Å². The van der Waals surface area contributed by atoms with Gasteiger partial charge in [-0.3, -0.25) is 9.36 Å². The van der Waals surface area contributed by atoms with Gasteiger partial charge in [0.2, 0.25) is 0 Å². The van der Waals surface area contributed by atoms with Gasteiger partial charge in [-0.2, -0.15) is 0 Å².